The van der Waals surface area contributed by atoms with Gasteiger partial charge in [-0.05, 0) is 42.8 Å². The van der Waals surface area contributed by atoms with Crippen LogP contribution >= 0.6 is 0 Å². The van der Waals surface area contributed by atoms with Gasteiger partial charge in [-0.25, -0.2) is 17.2 Å². The molecular weight excluding hydrogens is 382 g/mol. The van der Waals surface area contributed by atoms with Crippen molar-refractivity contribution in [3.05, 3.63) is 59.7 Å². The number of anilines is 1. The molecule has 2 aromatic rings. The van der Waals surface area contributed by atoms with Gasteiger partial charge in [-0.3, -0.25) is 9.59 Å². The van der Waals surface area contributed by atoms with E-state index in [1.165, 1.54) is 18.2 Å². The van der Waals surface area contributed by atoms with E-state index in [9.17, 15) is 26.8 Å². The molecule has 0 spiro atoms. The van der Waals surface area contributed by atoms with Crippen LogP contribution in [0.4, 0.5) is 14.5 Å². The number of esters is 1. The monoisotopic (exact) mass is 398 g/mol. The standard InChI is InChI=1S/C17H16F2N2O5S/c1-11-5-6-13(8-15(11)19)21-16(22)10-26-17(23)9-20-27(24,25)14-4-2-3-12(18)7-14/h2-8,20H,9-10H2,1H3,(H,21,22). The predicted octanol–water partition coefficient (Wildman–Crippen LogP) is 1.73. The molecule has 0 bridgehead atoms. The number of ether oxygens (including phenoxy) is 1. The van der Waals surface area contributed by atoms with Gasteiger partial charge in [-0.2, -0.15) is 4.72 Å². The highest BCUT2D eigenvalue weighted by Crippen LogP contribution is 2.13. The van der Waals surface area contributed by atoms with Gasteiger partial charge in [0.15, 0.2) is 6.61 Å². The predicted molar refractivity (Wildman–Crippen MR) is 92.3 cm³/mol. The first-order valence-corrected chi connectivity index (χ1v) is 9.12. The first-order valence-electron chi connectivity index (χ1n) is 7.64. The quantitative estimate of drug-likeness (QED) is 0.692. The van der Waals surface area contributed by atoms with Gasteiger partial charge in [0, 0.05) is 5.69 Å². The maximum Gasteiger partial charge on any atom is 0.321 e. The van der Waals surface area contributed by atoms with Crippen LogP contribution in [0.5, 0.6) is 0 Å². The summed E-state index contributed by atoms with van der Waals surface area (Å²) in [6.45, 7) is 0.134. The van der Waals surface area contributed by atoms with Crippen molar-refractivity contribution in [3.63, 3.8) is 0 Å². The molecule has 7 nitrogen and oxygen atoms in total. The second kappa shape index (κ2) is 8.69. The molecule has 27 heavy (non-hydrogen) atoms. The molecule has 0 radical (unpaired) electrons. The highest BCUT2D eigenvalue weighted by molar-refractivity contribution is 7.89. The fourth-order valence-electron chi connectivity index (χ4n) is 1.94. The summed E-state index contributed by atoms with van der Waals surface area (Å²) in [6.07, 6.45) is 0. The third-order valence-electron chi connectivity index (χ3n) is 3.33. The topological polar surface area (TPSA) is 102 Å². The maximum absolute atomic E-state index is 13.4. The molecular formula is C17H16F2N2O5S. The fraction of sp³-hybridized carbons (Fsp3) is 0.176. The molecule has 0 heterocycles. The summed E-state index contributed by atoms with van der Waals surface area (Å²) >= 11 is 0. The van der Waals surface area contributed by atoms with Crippen LogP contribution in [0.3, 0.4) is 0 Å². The molecule has 10 heteroatoms. The Kier molecular flexibility index (Phi) is 6.59. The Labute approximate surface area is 154 Å². The summed E-state index contributed by atoms with van der Waals surface area (Å²) in [5, 5.41) is 2.33. The number of amides is 1. The van der Waals surface area contributed by atoms with Crippen molar-refractivity contribution in [1.82, 2.24) is 4.72 Å². The lowest BCUT2D eigenvalue weighted by atomic mass is 10.2. The van der Waals surface area contributed by atoms with Crippen molar-refractivity contribution >= 4 is 27.6 Å². The second-order valence-corrected chi connectivity index (χ2v) is 7.22. The lowest BCUT2D eigenvalue weighted by Crippen LogP contribution is -2.32. The van der Waals surface area contributed by atoms with E-state index < -0.39 is 46.7 Å². The molecule has 0 aromatic heterocycles. The molecule has 0 aliphatic rings. The fourth-order valence-corrected chi connectivity index (χ4v) is 2.94. The molecule has 144 valence electrons. The highest BCUT2D eigenvalue weighted by atomic mass is 32.2. The average molecular weight is 398 g/mol. The third-order valence-corrected chi connectivity index (χ3v) is 4.73. The molecule has 2 rings (SSSR count). The van der Waals surface area contributed by atoms with E-state index in [-0.39, 0.29) is 10.6 Å². The Morgan fingerprint density at radius 1 is 1.11 bits per heavy atom. The number of halogens is 2. The Morgan fingerprint density at radius 2 is 1.85 bits per heavy atom. The van der Waals surface area contributed by atoms with Gasteiger partial charge in [0.05, 0.1) is 4.90 Å². The number of rotatable bonds is 7. The molecule has 0 unspecified atom stereocenters. The van der Waals surface area contributed by atoms with Gasteiger partial charge in [0.25, 0.3) is 5.91 Å². The number of nitrogens with one attached hydrogen (secondary N) is 2. The molecule has 1 amide bonds. The summed E-state index contributed by atoms with van der Waals surface area (Å²) in [5.74, 6) is -2.99. The Morgan fingerprint density at radius 3 is 2.52 bits per heavy atom. The largest absolute Gasteiger partial charge is 0.455 e. The van der Waals surface area contributed by atoms with E-state index >= 15 is 0 Å². The summed E-state index contributed by atoms with van der Waals surface area (Å²) in [6, 6.07) is 8.30. The Balaban J connectivity index is 1.81. The Hall–Kier alpha value is -2.85. The van der Waals surface area contributed by atoms with Crippen molar-refractivity contribution in [1.29, 1.82) is 0 Å². The highest BCUT2D eigenvalue weighted by Gasteiger charge is 2.17. The minimum Gasteiger partial charge on any atom is -0.455 e. The van der Waals surface area contributed by atoms with E-state index in [1.807, 2.05) is 4.72 Å². The number of hydrogen-bond donors (Lipinski definition) is 2. The number of carbonyl (C=O) groups excluding carboxylic acids is 2. The maximum atomic E-state index is 13.4. The number of benzene rings is 2. The molecule has 0 aliphatic carbocycles. The summed E-state index contributed by atoms with van der Waals surface area (Å²) in [7, 11) is -4.11. The van der Waals surface area contributed by atoms with Crippen molar-refractivity contribution in [3.8, 4) is 0 Å². The zero-order valence-corrected chi connectivity index (χ0v) is 15.0. The van der Waals surface area contributed by atoms with Crippen LogP contribution in [0.1, 0.15) is 5.56 Å². The van der Waals surface area contributed by atoms with E-state index in [0.29, 0.717) is 5.56 Å². The van der Waals surface area contributed by atoms with Gasteiger partial charge in [-0.1, -0.05) is 12.1 Å². The SMILES string of the molecule is Cc1ccc(NC(=O)COC(=O)CNS(=O)(=O)c2cccc(F)c2)cc1F. The zero-order chi connectivity index (χ0) is 20.0. The van der Waals surface area contributed by atoms with Gasteiger partial charge in [0.2, 0.25) is 10.0 Å². The van der Waals surface area contributed by atoms with Crippen LogP contribution in [0.15, 0.2) is 47.4 Å². The van der Waals surface area contributed by atoms with E-state index in [1.54, 1.807) is 6.92 Å². The van der Waals surface area contributed by atoms with Crippen LogP contribution in [-0.4, -0.2) is 33.4 Å². The third kappa shape index (κ3) is 6.12. The summed E-state index contributed by atoms with van der Waals surface area (Å²) < 4.78 is 56.9. The lowest BCUT2D eigenvalue weighted by Gasteiger charge is -2.09. The average Bonchev–Trinajstić information content (AvgIpc) is 2.61. The van der Waals surface area contributed by atoms with Gasteiger partial charge >= 0.3 is 5.97 Å². The van der Waals surface area contributed by atoms with Crippen LogP contribution in [0.25, 0.3) is 0 Å². The lowest BCUT2D eigenvalue weighted by molar-refractivity contribution is -0.146. The number of hydrogen-bond acceptors (Lipinski definition) is 5. The first-order chi connectivity index (χ1) is 12.7. The van der Waals surface area contributed by atoms with Crippen molar-refractivity contribution in [2.45, 2.75) is 11.8 Å². The van der Waals surface area contributed by atoms with Gasteiger partial charge < -0.3 is 10.1 Å². The molecule has 2 N–H and O–H groups in total. The molecule has 0 saturated heterocycles. The first kappa shape index (κ1) is 20.5. The summed E-state index contributed by atoms with van der Waals surface area (Å²) in [4.78, 5) is 22.9. The van der Waals surface area contributed by atoms with Gasteiger partial charge in [0.1, 0.15) is 18.2 Å². The van der Waals surface area contributed by atoms with E-state index in [0.717, 1.165) is 24.3 Å². The zero-order valence-electron chi connectivity index (χ0n) is 14.2. The second-order valence-electron chi connectivity index (χ2n) is 5.45. The number of sulfonamides is 1. The minimum absolute atomic E-state index is 0.186. The Bertz CT molecular complexity index is 964. The van der Waals surface area contributed by atoms with Crippen LogP contribution in [0, 0.1) is 18.6 Å². The molecule has 0 saturated carbocycles. The van der Waals surface area contributed by atoms with Crippen molar-refractivity contribution < 1.29 is 31.5 Å². The minimum atomic E-state index is -4.11. The molecule has 2 aromatic carbocycles. The van der Waals surface area contributed by atoms with E-state index in [2.05, 4.69) is 10.1 Å². The van der Waals surface area contributed by atoms with Crippen LogP contribution < -0.4 is 10.0 Å². The molecule has 0 aliphatic heterocycles. The van der Waals surface area contributed by atoms with Crippen molar-refractivity contribution in [2.24, 2.45) is 0 Å². The summed E-state index contributed by atoms with van der Waals surface area (Å²) in [5.41, 5.74) is 0.593. The van der Waals surface area contributed by atoms with Crippen LogP contribution in [-0.2, 0) is 24.3 Å². The molecule has 0 atom stereocenters. The van der Waals surface area contributed by atoms with Crippen LogP contribution in [0.2, 0.25) is 0 Å². The van der Waals surface area contributed by atoms with Crippen molar-refractivity contribution in [2.75, 3.05) is 18.5 Å². The van der Waals surface area contributed by atoms with Gasteiger partial charge in [-0.15, -0.1) is 0 Å². The molecule has 0 fully saturated rings. The smallest absolute Gasteiger partial charge is 0.321 e. The normalized spacial score (nSPS) is 11.1. The number of carbonyl (C=O) groups is 2. The number of aryl methyl sites for hydroxylation is 1. The van der Waals surface area contributed by atoms with E-state index in [4.69, 9.17) is 0 Å².